The topological polar surface area (TPSA) is 30.0 Å². The van der Waals surface area contributed by atoms with Crippen molar-refractivity contribution in [3.63, 3.8) is 0 Å². The SMILES string of the molecule is Cc1cc(F)ccc1C(=O)c1ccncc1F. The molecule has 0 radical (unpaired) electrons. The van der Waals surface area contributed by atoms with Crippen molar-refractivity contribution in [2.24, 2.45) is 0 Å². The Labute approximate surface area is 96.9 Å². The number of aromatic nitrogens is 1. The van der Waals surface area contributed by atoms with Crippen molar-refractivity contribution in [1.82, 2.24) is 4.98 Å². The van der Waals surface area contributed by atoms with Gasteiger partial charge in [0.2, 0.25) is 0 Å². The first-order chi connectivity index (χ1) is 8.09. The van der Waals surface area contributed by atoms with E-state index in [0.29, 0.717) is 5.56 Å². The molecule has 1 aromatic heterocycles. The molecule has 86 valence electrons. The lowest BCUT2D eigenvalue weighted by atomic mass is 9.99. The van der Waals surface area contributed by atoms with Gasteiger partial charge in [0, 0.05) is 11.8 Å². The lowest BCUT2D eigenvalue weighted by molar-refractivity contribution is 0.103. The monoisotopic (exact) mass is 233 g/mol. The number of halogens is 2. The number of benzene rings is 1. The lowest BCUT2D eigenvalue weighted by Crippen LogP contribution is -2.06. The summed E-state index contributed by atoms with van der Waals surface area (Å²) in [5.74, 6) is -1.57. The van der Waals surface area contributed by atoms with E-state index in [0.717, 1.165) is 6.20 Å². The zero-order valence-corrected chi connectivity index (χ0v) is 9.08. The van der Waals surface area contributed by atoms with Crippen LogP contribution in [0, 0.1) is 18.6 Å². The molecule has 0 saturated carbocycles. The van der Waals surface area contributed by atoms with Crippen LogP contribution in [0.1, 0.15) is 21.5 Å². The minimum atomic E-state index is -0.679. The van der Waals surface area contributed by atoms with E-state index in [1.54, 1.807) is 6.92 Å². The Morgan fingerprint density at radius 2 is 1.94 bits per heavy atom. The van der Waals surface area contributed by atoms with Crippen LogP contribution in [0.4, 0.5) is 8.78 Å². The molecule has 0 aliphatic heterocycles. The van der Waals surface area contributed by atoms with Crippen LogP contribution in [0.25, 0.3) is 0 Å². The normalized spacial score (nSPS) is 10.3. The highest BCUT2D eigenvalue weighted by atomic mass is 19.1. The van der Waals surface area contributed by atoms with E-state index in [1.165, 1.54) is 30.5 Å². The number of aryl methyl sites for hydroxylation is 1. The number of nitrogens with zero attached hydrogens (tertiary/aromatic N) is 1. The molecule has 0 bridgehead atoms. The second-order valence-electron chi connectivity index (χ2n) is 3.64. The number of ketones is 1. The van der Waals surface area contributed by atoms with Gasteiger partial charge in [0.05, 0.1) is 11.8 Å². The minimum absolute atomic E-state index is 0.0605. The Morgan fingerprint density at radius 3 is 2.59 bits per heavy atom. The summed E-state index contributed by atoms with van der Waals surface area (Å²) in [5.41, 5.74) is 0.706. The number of carbonyl (C=O) groups is 1. The number of rotatable bonds is 2. The predicted molar refractivity (Wildman–Crippen MR) is 58.8 cm³/mol. The second kappa shape index (κ2) is 4.41. The molecule has 0 fully saturated rings. The molecule has 4 heteroatoms. The van der Waals surface area contributed by atoms with E-state index in [1.807, 2.05) is 0 Å². The molecule has 2 aromatic rings. The van der Waals surface area contributed by atoms with Gasteiger partial charge in [0.25, 0.3) is 0 Å². The van der Waals surface area contributed by atoms with Gasteiger partial charge in [-0.25, -0.2) is 8.78 Å². The van der Waals surface area contributed by atoms with Gasteiger partial charge >= 0.3 is 0 Å². The lowest BCUT2D eigenvalue weighted by Gasteiger charge is -2.05. The van der Waals surface area contributed by atoms with Crippen molar-refractivity contribution in [2.75, 3.05) is 0 Å². The quantitative estimate of drug-likeness (QED) is 0.746. The summed E-state index contributed by atoms with van der Waals surface area (Å²) in [4.78, 5) is 15.6. The summed E-state index contributed by atoms with van der Waals surface area (Å²) in [6.45, 7) is 1.61. The van der Waals surface area contributed by atoms with Gasteiger partial charge < -0.3 is 0 Å². The third kappa shape index (κ3) is 2.20. The maximum atomic E-state index is 13.4. The van der Waals surface area contributed by atoms with E-state index in [4.69, 9.17) is 0 Å². The third-order valence-electron chi connectivity index (χ3n) is 2.45. The number of hydrogen-bond donors (Lipinski definition) is 0. The van der Waals surface area contributed by atoms with Crippen LogP contribution in [0.3, 0.4) is 0 Å². The van der Waals surface area contributed by atoms with Gasteiger partial charge in [-0.15, -0.1) is 0 Å². The van der Waals surface area contributed by atoms with Crippen molar-refractivity contribution < 1.29 is 13.6 Å². The Hall–Kier alpha value is -2.10. The molecule has 0 unspecified atom stereocenters. The summed E-state index contributed by atoms with van der Waals surface area (Å²) in [7, 11) is 0. The molecule has 0 spiro atoms. The van der Waals surface area contributed by atoms with E-state index >= 15 is 0 Å². The smallest absolute Gasteiger partial charge is 0.196 e. The van der Waals surface area contributed by atoms with E-state index < -0.39 is 17.4 Å². The highest BCUT2D eigenvalue weighted by Crippen LogP contribution is 2.16. The van der Waals surface area contributed by atoms with Crippen molar-refractivity contribution in [3.8, 4) is 0 Å². The average Bonchev–Trinajstić information content (AvgIpc) is 2.29. The maximum absolute atomic E-state index is 13.4. The van der Waals surface area contributed by atoms with Gasteiger partial charge in [-0.3, -0.25) is 9.78 Å². The van der Waals surface area contributed by atoms with Crippen LogP contribution in [0.15, 0.2) is 36.7 Å². The Balaban J connectivity index is 2.48. The zero-order chi connectivity index (χ0) is 12.4. The largest absolute Gasteiger partial charge is 0.288 e. The van der Waals surface area contributed by atoms with Gasteiger partial charge in [0.1, 0.15) is 5.82 Å². The summed E-state index contributed by atoms with van der Waals surface area (Å²) >= 11 is 0. The highest BCUT2D eigenvalue weighted by Gasteiger charge is 2.15. The van der Waals surface area contributed by atoms with Gasteiger partial charge in [-0.1, -0.05) is 0 Å². The Morgan fingerprint density at radius 1 is 1.18 bits per heavy atom. The first-order valence-corrected chi connectivity index (χ1v) is 5.00. The molecule has 2 nitrogen and oxygen atoms in total. The average molecular weight is 233 g/mol. The fraction of sp³-hybridized carbons (Fsp3) is 0.0769. The molecule has 0 atom stereocenters. The second-order valence-corrected chi connectivity index (χ2v) is 3.64. The third-order valence-corrected chi connectivity index (χ3v) is 2.45. The Bertz CT molecular complexity index is 581. The molecule has 17 heavy (non-hydrogen) atoms. The molecule has 0 aliphatic carbocycles. The van der Waals surface area contributed by atoms with E-state index in [9.17, 15) is 13.6 Å². The van der Waals surface area contributed by atoms with Crippen LogP contribution in [0.5, 0.6) is 0 Å². The van der Waals surface area contributed by atoms with Gasteiger partial charge in [-0.2, -0.15) is 0 Å². The van der Waals surface area contributed by atoms with Gasteiger partial charge in [-0.05, 0) is 36.8 Å². The first kappa shape index (κ1) is 11.4. The molecular weight excluding hydrogens is 224 g/mol. The highest BCUT2D eigenvalue weighted by molar-refractivity contribution is 6.09. The summed E-state index contributed by atoms with van der Waals surface area (Å²) in [6.07, 6.45) is 2.32. The predicted octanol–water partition coefficient (Wildman–Crippen LogP) is 2.90. The first-order valence-electron chi connectivity index (χ1n) is 5.00. The number of carbonyl (C=O) groups excluding carboxylic acids is 1. The van der Waals surface area contributed by atoms with Crippen LogP contribution >= 0.6 is 0 Å². The molecule has 0 amide bonds. The zero-order valence-electron chi connectivity index (χ0n) is 9.08. The molecular formula is C13H9F2NO. The summed E-state index contributed by atoms with van der Waals surface area (Å²) < 4.78 is 26.3. The molecule has 0 N–H and O–H groups in total. The van der Waals surface area contributed by atoms with Crippen LogP contribution in [-0.4, -0.2) is 10.8 Å². The molecule has 1 aromatic carbocycles. The molecule has 1 heterocycles. The number of hydrogen-bond acceptors (Lipinski definition) is 2. The standard InChI is InChI=1S/C13H9F2NO/c1-8-6-9(14)2-3-10(8)13(17)11-4-5-16-7-12(11)15/h2-7H,1H3. The number of pyridine rings is 1. The van der Waals surface area contributed by atoms with Crippen molar-refractivity contribution in [3.05, 3.63) is 65.0 Å². The molecule has 2 rings (SSSR count). The maximum Gasteiger partial charge on any atom is 0.196 e. The minimum Gasteiger partial charge on any atom is -0.288 e. The van der Waals surface area contributed by atoms with E-state index in [-0.39, 0.29) is 11.1 Å². The van der Waals surface area contributed by atoms with Crippen molar-refractivity contribution in [1.29, 1.82) is 0 Å². The fourth-order valence-electron chi connectivity index (χ4n) is 1.59. The van der Waals surface area contributed by atoms with Crippen molar-refractivity contribution in [2.45, 2.75) is 6.92 Å². The molecule has 0 aliphatic rings. The van der Waals surface area contributed by atoms with E-state index in [2.05, 4.69) is 4.98 Å². The summed E-state index contributed by atoms with van der Waals surface area (Å²) in [6, 6.07) is 5.08. The van der Waals surface area contributed by atoms with Crippen molar-refractivity contribution >= 4 is 5.78 Å². The summed E-state index contributed by atoms with van der Waals surface area (Å²) in [5, 5.41) is 0. The van der Waals surface area contributed by atoms with Crippen LogP contribution < -0.4 is 0 Å². The van der Waals surface area contributed by atoms with Crippen LogP contribution in [-0.2, 0) is 0 Å². The Kier molecular flexibility index (Phi) is 2.95. The molecule has 0 saturated heterocycles. The van der Waals surface area contributed by atoms with Crippen LogP contribution in [0.2, 0.25) is 0 Å². The van der Waals surface area contributed by atoms with Gasteiger partial charge in [0.15, 0.2) is 11.6 Å². The fourth-order valence-corrected chi connectivity index (χ4v) is 1.59.